The topological polar surface area (TPSA) is 90.7 Å². The van der Waals surface area contributed by atoms with Crippen molar-refractivity contribution in [2.24, 2.45) is 17.6 Å². The number of amides is 3. The molecule has 1 atom stereocenters. The molecule has 0 spiro atoms. The summed E-state index contributed by atoms with van der Waals surface area (Å²) in [5.41, 5.74) is 5.84. The molecule has 7 nitrogen and oxygen atoms in total. The molecular formula is C26H34ClN5O2. The smallest absolute Gasteiger partial charge is 0.321 e. The Labute approximate surface area is 206 Å². The number of hydrogen-bond acceptors (Lipinski definition) is 4. The Kier molecular flexibility index (Phi) is 7.76. The predicted octanol–water partition coefficient (Wildman–Crippen LogP) is 3.85. The third-order valence-electron chi connectivity index (χ3n) is 7.39. The number of nitrogens with zero attached hydrogens (tertiary/aromatic N) is 2. The zero-order chi connectivity index (χ0) is 24.1. The summed E-state index contributed by atoms with van der Waals surface area (Å²) < 4.78 is 0. The van der Waals surface area contributed by atoms with E-state index >= 15 is 0 Å². The number of urea groups is 1. The van der Waals surface area contributed by atoms with Crippen LogP contribution in [0.25, 0.3) is 0 Å². The van der Waals surface area contributed by atoms with Crippen LogP contribution in [0, 0.1) is 11.8 Å². The maximum atomic E-state index is 13.1. The first-order valence-electron chi connectivity index (χ1n) is 12.0. The molecule has 34 heavy (non-hydrogen) atoms. The Morgan fingerprint density at radius 1 is 0.912 bits per heavy atom. The molecular weight excluding hydrogens is 450 g/mol. The molecule has 2 aromatic carbocycles. The molecule has 0 aromatic heterocycles. The number of primary amides is 1. The zero-order valence-corrected chi connectivity index (χ0v) is 20.4. The Morgan fingerprint density at radius 2 is 1.47 bits per heavy atom. The molecule has 2 aliphatic rings. The summed E-state index contributed by atoms with van der Waals surface area (Å²) in [7, 11) is 2.18. The number of nitrogens with one attached hydrogen (secondary N) is 2. The minimum absolute atomic E-state index is 0.498. The molecule has 0 saturated carbocycles. The number of carbonyl (C=O) groups is 2. The summed E-state index contributed by atoms with van der Waals surface area (Å²) in [5.74, 6) is 0.760. The van der Waals surface area contributed by atoms with E-state index in [1.54, 1.807) is 24.3 Å². The van der Waals surface area contributed by atoms with Crippen LogP contribution in [-0.2, 0) is 10.5 Å². The molecule has 182 valence electrons. The minimum atomic E-state index is -1.43. The second-order valence-corrected chi connectivity index (χ2v) is 9.93. The SMILES string of the molecule is CN1CCC(C2CCN(C(NC(=O)Nc3ccc(Cl)cc3)(C(N)=O)c3ccccc3)CC2)CC1. The molecule has 2 heterocycles. The van der Waals surface area contributed by atoms with Crippen molar-refractivity contribution in [3.63, 3.8) is 0 Å². The van der Waals surface area contributed by atoms with Gasteiger partial charge in [-0.2, -0.15) is 0 Å². The number of likely N-dealkylation sites (tertiary alicyclic amines) is 2. The summed E-state index contributed by atoms with van der Waals surface area (Å²) in [6, 6.07) is 15.6. The fraction of sp³-hybridized carbons (Fsp3) is 0.462. The normalized spacial score (nSPS) is 20.4. The standard InChI is InChI=1S/C26H34ClN5O2/c1-31-15-11-19(12-16-31)20-13-17-32(18-14-20)26(24(28)33,21-5-3-2-4-6-21)30-25(34)29-23-9-7-22(27)8-10-23/h2-10,19-20H,11-18H2,1H3,(H2,28,33)(H2,29,30,34). The molecule has 0 bridgehead atoms. The van der Waals surface area contributed by atoms with Crippen LogP contribution in [-0.4, -0.2) is 55.0 Å². The van der Waals surface area contributed by atoms with Crippen molar-refractivity contribution in [1.29, 1.82) is 0 Å². The molecule has 2 fully saturated rings. The number of rotatable bonds is 6. The van der Waals surface area contributed by atoms with E-state index in [4.69, 9.17) is 17.3 Å². The van der Waals surface area contributed by atoms with Crippen LogP contribution < -0.4 is 16.4 Å². The second-order valence-electron chi connectivity index (χ2n) is 9.49. The van der Waals surface area contributed by atoms with Gasteiger partial charge in [0.2, 0.25) is 5.66 Å². The summed E-state index contributed by atoms with van der Waals surface area (Å²) in [4.78, 5) is 30.6. The lowest BCUT2D eigenvalue weighted by molar-refractivity contribution is -0.134. The van der Waals surface area contributed by atoms with Gasteiger partial charge in [-0.25, -0.2) is 4.79 Å². The fourth-order valence-corrected chi connectivity index (χ4v) is 5.56. The zero-order valence-electron chi connectivity index (χ0n) is 19.7. The molecule has 0 radical (unpaired) electrons. The average molecular weight is 484 g/mol. The van der Waals surface area contributed by atoms with Gasteiger partial charge in [-0.3, -0.25) is 9.69 Å². The number of hydrogen-bond donors (Lipinski definition) is 3. The second kappa shape index (κ2) is 10.8. The molecule has 1 unspecified atom stereocenters. The highest BCUT2D eigenvalue weighted by Crippen LogP contribution is 2.36. The van der Waals surface area contributed by atoms with Gasteiger partial charge in [0.05, 0.1) is 0 Å². The van der Waals surface area contributed by atoms with Crippen LogP contribution in [0.15, 0.2) is 54.6 Å². The van der Waals surface area contributed by atoms with E-state index in [0.717, 1.165) is 31.8 Å². The van der Waals surface area contributed by atoms with Crippen molar-refractivity contribution in [3.05, 3.63) is 65.2 Å². The molecule has 2 aromatic rings. The first-order valence-corrected chi connectivity index (χ1v) is 12.4. The largest absolute Gasteiger partial charge is 0.366 e. The van der Waals surface area contributed by atoms with Gasteiger partial charge in [0.15, 0.2) is 0 Å². The Bertz CT molecular complexity index is 970. The fourth-order valence-electron chi connectivity index (χ4n) is 5.44. The van der Waals surface area contributed by atoms with Crippen LogP contribution in [0.2, 0.25) is 5.02 Å². The van der Waals surface area contributed by atoms with Gasteiger partial charge in [-0.05, 0) is 81.9 Å². The minimum Gasteiger partial charge on any atom is -0.366 e. The molecule has 8 heteroatoms. The highest BCUT2D eigenvalue weighted by molar-refractivity contribution is 6.30. The molecule has 2 aliphatic heterocycles. The number of carbonyl (C=O) groups excluding carboxylic acids is 2. The van der Waals surface area contributed by atoms with Crippen LogP contribution in [0.4, 0.5) is 10.5 Å². The third-order valence-corrected chi connectivity index (χ3v) is 7.64. The number of benzene rings is 2. The Hall–Kier alpha value is -2.61. The predicted molar refractivity (Wildman–Crippen MR) is 135 cm³/mol. The first-order chi connectivity index (χ1) is 16.4. The van der Waals surface area contributed by atoms with Gasteiger partial charge < -0.3 is 21.3 Å². The monoisotopic (exact) mass is 483 g/mol. The van der Waals surface area contributed by atoms with Crippen molar-refractivity contribution in [1.82, 2.24) is 15.1 Å². The van der Waals surface area contributed by atoms with E-state index in [0.29, 0.717) is 35.3 Å². The van der Waals surface area contributed by atoms with Gasteiger partial charge in [0, 0.05) is 29.4 Å². The molecule has 3 amide bonds. The maximum absolute atomic E-state index is 13.1. The van der Waals surface area contributed by atoms with E-state index in [1.165, 1.54) is 12.8 Å². The van der Waals surface area contributed by atoms with E-state index in [9.17, 15) is 9.59 Å². The van der Waals surface area contributed by atoms with Crippen molar-refractivity contribution in [2.75, 3.05) is 38.5 Å². The number of nitrogens with two attached hydrogens (primary N) is 1. The van der Waals surface area contributed by atoms with Crippen LogP contribution >= 0.6 is 11.6 Å². The quantitative estimate of drug-likeness (QED) is 0.582. The van der Waals surface area contributed by atoms with Gasteiger partial charge >= 0.3 is 6.03 Å². The Balaban J connectivity index is 1.54. The summed E-state index contributed by atoms with van der Waals surface area (Å²) in [6.07, 6.45) is 4.42. The molecule has 0 aliphatic carbocycles. The van der Waals surface area contributed by atoms with Crippen molar-refractivity contribution in [3.8, 4) is 0 Å². The summed E-state index contributed by atoms with van der Waals surface area (Å²) in [5, 5.41) is 6.32. The van der Waals surface area contributed by atoms with Gasteiger partial charge in [0.1, 0.15) is 0 Å². The van der Waals surface area contributed by atoms with Gasteiger partial charge in [-0.1, -0.05) is 41.9 Å². The Morgan fingerprint density at radius 3 is 2.03 bits per heavy atom. The van der Waals surface area contributed by atoms with E-state index in [2.05, 4.69) is 22.6 Å². The lowest BCUT2D eigenvalue weighted by Crippen LogP contribution is -2.67. The van der Waals surface area contributed by atoms with Crippen LogP contribution in [0.5, 0.6) is 0 Å². The molecule has 4 rings (SSSR count). The number of piperidine rings is 2. The van der Waals surface area contributed by atoms with Crippen molar-refractivity contribution < 1.29 is 9.59 Å². The summed E-state index contributed by atoms with van der Waals surface area (Å²) >= 11 is 5.95. The van der Waals surface area contributed by atoms with Crippen LogP contribution in [0.1, 0.15) is 31.2 Å². The first kappa shape index (κ1) is 24.5. The molecule has 4 N–H and O–H groups in total. The van der Waals surface area contributed by atoms with Gasteiger partial charge in [0.25, 0.3) is 5.91 Å². The highest BCUT2D eigenvalue weighted by atomic mass is 35.5. The summed E-state index contributed by atoms with van der Waals surface area (Å²) in [6.45, 7) is 3.67. The van der Waals surface area contributed by atoms with Gasteiger partial charge in [-0.15, -0.1) is 0 Å². The van der Waals surface area contributed by atoms with E-state index in [1.807, 2.05) is 35.2 Å². The van der Waals surface area contributed by atoms with E-state index < -0.39 is 17.6 Å². The van der Waals surface area contributed by atoms with E-state index in [-0.39, 0.29) is 0 Å². The lowest BCUT2D eigenvalue weighted by atomic mass is 9.78. The van der Waals surface area contributed by atoms with Crippen molar-refractivity contribution in [2.45, 2.75) is 31.3 Å². The number of halogens is 1. The lowest BCUT2D eigenvalue weighted by Gasteiger charge is -2.47. The number of anilines is 1. The maximum Gasteiger partial charge on any atom is 0.321 e. The van der Waals surface area contributed by atoms with Crippen molar-refractivity contribution >= 4 is 29.2 Å². The van der Waals surface area contributed by atoms with Crippen LogP contribution in [0.3, 0.4) is 0 Å². The average Bonchev–Trinajstić information content (AvgIpc) is 2.85. The third kappa shape index (κ3) is 5.37. The molecule has 2 saturated heterocycles. The highest BCUT2D eigenvalue weighted by Gasteiger charge is 2.47.